The lowest BCUT2D eigenvalue weighted by Crippen LogP contribution is -1.97. The van der Waals surface area contributed by atoms with Gasteiger partial charge in [0.1, 0.15) is 0 Å². The molecule has 5 rings (SSSR count). The Labute approximate surface area is 161 Å². The lowest BCUT2D eigenvalue weighted by molar-refractivity contribution is -0.105. The zero-order valence-corrected chi connectivity index (χ0v) is 15.6. The second-order valence-electron chi connectivity index (χ2n) is 6.66. The Balaban J connectivity index is 2.02. The molecule has 0 aliphatic carbocycles. The monoisotopic (exact) mass is 367 g/mol. The Morgan fingerprint density at radius 1 is 0.815 bits per heavy atom. The van der Waals surface area contributed by atoms with Gasteiger partial charge in [-0.15, -0.1) is 11.3 Å². The number of thiophene rings is 1. The number of carbonyl (C=O) groups excluding carboxylic acids is 1. The van der Waals surface area contributed by atoms with E-state index in [0.29, 0.717) is 0 Å². The molecule has 0 bridgehead atoms. The minimum Gasteiger partial charge on any atom is -0.328 e. The number of hydrogen-bond acceptors (Lipinski definition) is 2. The van der Waals surface area contributed by atoms with Crippen molar-refractivity contribution >= 4 is 54.4 Å². The fourth-order valence-electron chi connectivity index (χ4n) is 4.07. The first-order chi connectivity index (χ1) is 13.3. The Hall–Kier alpha value is -3.17. The number of nitrogens with one attached hydrogen (secondary N) is 1. The Morgan fingerprint density at radius 3 is 2.30 bits per heavy atom. The second-order valence-corrected chi connectivity index (χ2v) is 7.71. The molecule has 1 aromatic heterocycles. The SMILES string of the molecule is Cc1c(-c2ccccc2NC=O)c2ccccc2c2sc3ccccc3c12. The molecule has 0 atom stereocenters. The van der Waals surface area contributed by atoms with Crippen LogP contribution in [0.5, 0.6) is 0 Å². The maximum Gasteiger partial charge on any atom is 0.211 e. The smallest absolute Gasteiger partial charge is 0.211 e. The number of anilines is 1. The van der Waals surface area contributed by atoms with Gasteiger partial charge in [0.15, 0.2) is 0 Å². The first kappa shape index (κ1) is 16.0. The Morgan fingerprint density at radius 2 is 1.48 bits per heavy atom. The van der Waals surface area contributed by atoms with Crippen molar-refractivity contribution in [2.45, 2.75) is 6.92 Å². The number of hydrogen-bond donors (Lipinski definition) is 1. The highest BCUT2D eigenvalue weighted by Gasteiger charge is 2.18. The molecule has 0 spiro atoms. The van der Waals surface area contributed by atoms with E-state index in [0.717, 1.165) is 17.7 Å². The summed E-state index contributed by atoms with van der Waals surface area (Å²) in [6.07, 6.45) is 0.745. The van der Waals surface area contributed by atoms with Crippen LogP contribution in [0.2, 0.25) is 0 Å². The molecule has 0 aliphatic rings. The van der Waals surface area contributed by atoms with E-state index in [1.807, 2.05) is 29.5 Å². The van der Waals surface area contributed by atoms with Crippen molar-refractivity contribution < 1.29 is 4.79 Å². The number of aryl methyl sites for hydroxylation is 1. The number of carbonyl (C=O) groups is 1. The van der Waals surface area contributed by atoms with Gasteiger partial charge >= 0.3 is 0 Å². The lowest BCUT2D eigenvalue weighted by Gasteiger charge is -2.16. The molecular formula is C24H17NOS. The second kappa shape index (κ2) is 6.22. The van der Waals surface area contributed by atoms with Crippen molar-refractivity contribution in [3.05, 3.63) is 78.4 Å². The first-order valence-electron chi connectivity index (χ1n) is 8.91. The molecule has 130 valence electrons. The number of benzene rings is 4. The molecule has 0 radical (unpaired) electrons. The summed E-state index contributed by atoms with van der Waals surface area (Å²) in [4.78, 5) is 11.1. The van der Waals surface area contributed by atoms with E-state index in [9.17, 15) is 4.79 Å². The van der Waals surface area contributed by atoms with Crippen LogP contribution < -0.4 is 5.32 Å². The molecule has 0 fully saturated rings. The van der Waals surface area contributed by atoms with Crippen LogP contribution >= 0.6 is 11.3 Å². The van der Waals surface area contributed by atoms with Gasteiger partial charge in [0.25, 0.3) is 0 Å². The van der Waals surface area contributed by atoms with Crippen molar-refractivity contribution in [1.82, 2.24) is 0 Å². The quantitative estimate of drug-likeness (QED) is 0.351. The van der Waals surface area contributed by atoms with E-state index in [4.69, 9.17) is 0 Å². The predicted octanol–water partition coefficient (Wildman–Crippen LogP) is 6.75. The van der Waals surface area contributed by atoms with Crippen LogP contribution in [0.25, 0.3) is 42.1 Å². The van der Waals surface area contributed by atoms with Crippen molar-refractivity contribution in [3.63, 3.8) is 0 Å². The number of fused-ring (bicyclic) bond motifs is 5. The molecule has 0 aliphatic heterocycles. The largest absolute Gasteiger partial charge is 0.328 e. The number of para-hydroxylation sites is 1. The van der Waals surface area contributed by atoms with Gasteiger partial charge in [0, 0.05) is 36.8 Å². The van der Waals surface area contributed by atoms with E-state index in [1.54, 1.807) is 0 Å². The summed E-state index contributed by atoms with van der Waals surface area (Å²) < 4.78 is 2.63. The van der Waals surface area contributed by atoms with Gasteiger partial charge in [-0.25, -0.2) is 0 Å². The molecule has 0 unspecified atom stereocenters. The molecular weight excluding hydrogens is 350 g/mol. The van der Waals surface area contributed by atoms with Gasteiger partial charge in [-0.2, -0.15) is 0 Å². The highest BCUT2D eigenvalue weighted by Crippen LogP contribution is 2.46. The topological polar surface area (TPSA) is 29.1 Å². The Kier molecular flexibility index (Phi) is 3.69. The summed E-state index contributed by atoms with van der Waals surface area (Å²) in [5, 5.41) is 7.95. The maximum atomic E-state index is 11.1. The minimum absolute atomic E-state index is 0.745. The molecule has 4 aromatic carbocycles. The highest BCUT2D eigenvalue weighted by atomic mass is 32.1. The minimum atomic E-state index is 0.745. The van der Waals surface area contributed by atoms with E-state index >= 15 is 0 Å². The lowest BCUT2D eigenvalue weighted by atomic mass is 9.90. The molecule has 0 saturated carbocycles. The summed E-state index contributed by atoms with van der Waals surface area (Å²) in [5.41, 5.74) is 4.32. The van der Waals surface area contributed by atoms with Crippen LogP contribution in [-0.4, -0.2) is 6.41 Å². The standard InChI is InChI=1S/C24H17NOS/c1-15-22(18-10-4-6-12-20(18)25-14-26)16-8-2-3-9-17(16)24-23(15)19-11-5-7-13-21(19)27-24/h2-14H,1H3,(H,25,26). The molecule has 1 N–H and O–H groups in total. The summed E-state index contributed by atoms with van der Waals surface area (Å²) in [7, 11) is 0. The normalized spacial score (nSPS) is 11.3. The summed E-state index contributed by atoms with van der Waals surface area (Å²) >= 11 is 1.85. The van der Waals surface area contributed by atoms with E-state index in [1.165, 1.54) is 42.1 Å². The fraction of sp³-hybridized carbons (Fsp3) is 0.0417. The van der Waals surface area contributed by atoms with Crippen molar-refractivity contribution in [3.8, 4) is 11.1 Å². The Bertz CT molecular complexity index is 1330. The van der Waals surface area contributed by atoms with Gasteiger partial charge in [-0.1, -0.05) is 60.7 Å². The molecule has 27 heavy (non-hydrogen) atoms. The summed E-state index contributed by atoms with van der Waals surface area (Å²) in [5.74, 6) is 0. The predicted molar refractivity (Wildman–Crippen MR) is 117 cm³/mol. The average molecular weight is 367 g/mol. The summed E-state index contributed by atoms with van der Waals surface area (Å²) in [6.45, 7) is 2.20. The van der Waals surface area contributed by atoms with Crippen LogP contribution in [0, 0.1) is 6.92 Å². The average Bonchev–Trinajstić information content (AvgIpc) is 3.10. The van der Waals surface area contributed by atoms with Crippen LogP contribution in [0.1, 0.15) is 5.56 Å². The molecule has 0 saturated heterocycles. The van der Waals surface area contributed by atoms with Crippen molar-refractivity contribution in [1.29, 1.82) is 0 Å². The number of amides is 1. The molecule has 3 heteroatoms. The number of rotatable bonds is 3. The zero-order chi connectivity index (χ0) is 18.4. The zero-order valence-electron chi connectivity index (χ0n) is 14.8. The molecule has 5 aromatic rings. The third-order valence-corrected chi connectivity index (χ3v) is 6.40. The van der Waals surface area contributed by atoms with E-state index in [-0.39, 0.29) is 0 Å². The van der Waals surface area contributed by atoms with Gasteiger partial charge in [-0.3, -0.25) is 4.79 Å². The van der Waals surface area contributed by atoms with Gasteiger partial charge in [0.2, 0.25) is 6.41 Å². The highest BCUT2D eigenvalue weighted by molar-refractivity contribution is 7.26. The van der Waals surface area contributed by atoms with E-state index in [2.05, 4.69) is 66.8 Å². The van der Waals surface area contributed by atoms with Gasteiger partial charge < -0.3 is 5.32 Å². The van der Waals surface area contributed by atoms with E-state index < -0.39 is 0 Å². The first-order valence-corrected chi connectivity index (χ1v) is 9.73. The van der Waals surface area contributed by atoms with Crippen molar-refractivity contribution in [2.24, 2.45) is 0 Å². The fourth-order valence-corrected chi connectivity index (χ4v) is 5.37. The molecule has 1 amide bonds. The van der Waals surface area contributed by atoms with Gasteiger partial charge in [0.05, 0.1) is 0 Å². The van der Waals surface area contributed by atoms with Crippen molar-refractivity contribution in [2.75, 3.05) is 5.32 Å². The van der Waals surface area contributed by atoms with Crippen LogP contribution in [0.3, 0.4) is 0 Å². The molecule has 1 heterocycles. The van der Waals surface area contributed by atoms with Gasteiger partial charge in [-0.05, 0) is 35.6 Å². The third kappa shape index (κ3) is 2.36. The molecule has 2 nitrogen and oxygen atoms in total. The van der Waals surface area contributed by atoms with Crippen LogP contribution in [-0.2, 0) is 4.79 Å². The maximum absolute atomic E-state index is 11.1. The summed E-state index contributed by atoms with van der Waals surface area (Å²) in [6, 6.07) is 25.2. The van der Waals surface area contributed by atoms with Crippen LogP contribution in [0.15, 0.2) is 72.8 Å². The van der Waals surface area contributed by atoms with Crippen LogP contribution in [0.4, 0.5) is 5.69 Å². The third-order valence-electron chi connectivity index (χ3n) is 5.20.